The number of aromatic amines is 1. The zero-order valence-electron chi connectivity index (χ0n) is 17.2. The summed E-state index contributed by atoms with van der Waals surface area (Å²) in [5.74, 6) is 0.854. The Kier molecular flexibility index (Phi) is 4.86. The first kappa shape index (κ1) is 19.2. The van der Waals surface area contributed by atoms with Crippen LogP contribution in [-0.2, 0) is 4.74 Å². The molecule has 1 unspecified atom stereocenters. The number of fused-ring (bicyclic) bond motifs is 1. The minimum atomic E-state index is -0.504. The molecule has 1 N–H and O–H groups in total. The van der Waals surface area contributed by atoms with Crippen molar-refractivity contribution in [1.29, 1.82) is 0 Å². The monoisotopic (exact) mass is 394 g/mol. The number of nitrogens with zero attached hydrogens (tertiary/aromatic N) is 5. The summed E-state index contributed by atoms with van der Waals surface area (Å²) in [5.41, 5.74) is 2.11. The lowest BCUT2D eigenvalue weighted by atomic mass is 10.1. The van der Waals surface area contributed by atoms with E-state index in [0.717, 1.165) is 28.1 Å². The van der Waals surface area contributed by atoms with Crippen LogP contribution in [0.3, 0.4) is 0 Å². The van der Waals surface area contributed by atoms with Crippen LogP contribution in [0.15, 0.2) is 36.9 Å². The second-order valence-corrected chi connectivity index (χ2v) is 8.31. The molecule has 1 saturated heterocycles. The maximum absolute atomic E-state index is 12.5. The number of rotatable bonds is 2. The normalized spacial score (nSPS) is 17.6. The Morgan fingerprint density at radius 3 is 2.72 bits per heavy atom. The van der Waals surface area contributed by atoms with Gasteiger partial charge in [-0.15, -0.1) is 0 Å². The third kappa shape index (κ3) is 3.87. The zero-order chi connectivity index (χ0) is 20.6. The number of aromatic nitrogens is 4. The van der Waals surface area contributed by atoms with Crippen LogP contribution in [-0.4, -0.2) is 62.2 Å². The van der Waals surface area contributed by atoms with Crippen molar-refractivity contribution in [2.24, 2.45) is 0 Å². The van der Waals surface area contributed by atoms with Crippen LogP contribution in [0.5, 0.6) is 0 Å². The van der Waals surface area contributed by atoms with Crippen molar-refractivity contribution < 1.29 is 9.53 Å². The van der Waals surface area contributed by atoms with Gasteiger partial charge in [-0.05, 0) is 39.8 Å². The van der Waals surface area contributed by atoms with Crippen LogP contribution < -0.4 is 4.90 Å². The molecule has 0 bridgehead atoms. The summed E-state index contributed by atoms with van der Waals surface area (Å²) < 4.78 is 5.55. The van der Waals surface area contributed by atoms with Gasteiger partial charge in [0.05, 0.1) is 11.1 Å². The van der Waals surface area contributed by atoms with Crippen LogP contribution in [0.1, 0.15) is 27.7 Å². The summed E-state index contributed by atoms with van der Waals surface area (Å²) in [5, 5.41) is 0.948. The number of amides is 1. The predicted octanol–water partition coefficient (Wildman–Crippen LogP) is 3.47. The molecule has 1 atom stereocenters. The predicted molar refractivity (Wildman–Crippen MR) is 112 cm³/mol. The zero-order valence-corrected chi connectivity index (χ0v) is 17.2. The van der Waals surface area contributed by atoms with Gasteiger partial charge in [0, 0.05) is 43.6 Å². The van der Waals surface area contributed by atoms with E-state index in [1.165, 1.54) is 0 Å². The highest BCUT2D eigenvalue weighted by molar-refractivity contribution is 6.00. The first-order valence-corrected chi connectivity index (χ1v) is 9.81. The molecule has 3 aromatic heterocycles. The fourth-order valence-corrected chi connectivity index (χ4v) is 3.65. The van der Waals surface area contributed by atoms with E-state index in [1.807, 2.05) is 52.1 Å². The lowest BCUT2D eigenvalue weighted by Crippen LogP contribution is -2.55. The number of hydrogen-bond donors (Lipinski definition) is 1. The van der Waals surface area contributed by atoms with Crippen LogP contribution in [0.4, 0.5) is 10.6 Å². The number of H-pyrrole nitrogens is 1. The fraction of sp³-hybridized carbons (Fsp3) is 0.429. The van der Waals surface area contributed by atoms with Gasteiger partial charge in [0.15, 0.2) is 0 Å². The maximum Gasteiger partial charge on any atom is 0.410 e. The first-order valence-electron chi connectivity index (χ1n) is 9.81. The Balaban J connectivity index is 1.62. The van der Waals surface area contributed by atoms with Gasteiger partial charge >= 0.3 is 6.09 Å². The van der Waals surface area contributed by atoms with Crippen molar-refractivity contribution in [3.8, 4) is 11.3 Å². The molecule has 152 valence electrons. The lowest BCUT2D eigenvalue weighted by molar-refractivity contribution is 0.0159. The number of piperazine rings is 1. The molecule has 29 heavy (non-hydrogen) atoms. The molecule has 0 saturated carbocycles. The van der Waals surface area contributed by atoms with Crippen LogP contribution in [0.2, 0.25) is 0 Å². The fourth-order valence-electron chi connectivity index (χ4n) is 3.65. The van der Waals surface area contributed by atoms with E-state index in [1.54, 1.807) is 17.4 Å². The van der Waals surface area contributed by atoms with Crippen molar-refractivity contribution in [2.75, 3.05) is 24.5 Å². The molecule has 3 aromatic rings. The van der Waals surface area contributed by atoms with Crippen molar-refractivity contribution in [3.63, 3.8) is 0 Å². The maximum atomic E-state index is 12.5. The number of nitrogens with one attached hydrogen (secondary N) is 1. The van der Waals surface area contributed by atoms with Crippen molar-refractivity contribution in [1.82, 2.24) is 24.8 Å². The summed E-state index contributed by atoms with van der Waals surface area (Å²) in [6.07, 6.45) is 5.00. The third-order valence-electron chi connectivity index (χ3n) is 4.95. The molecule has 1 amide bonds. The number of pyridine rings is 1. The summed E-state index contributed by atoms with van der Waals surface area (Å²) >= 11 is 0. The van der Waals surface area contributed by atoms with Gasteiger partial charge in [-0.2, -0.15) is 0 Å². The summed E-state index contributed by atoms with van der Waals surface area (Å²) in [7, 11) is 0. The minimum absolute atomic E-state index is 0.000794. The van der Waals surface area contributed by atoms with Crippen molar-refractivity contribution >= 4 is 22.9 Å². The van der Waals surface area contributed by atoms with Gasteiger partial charge < -0.3 is 19.5 Å². The van der Waals surface area contributed by atoms with Crippen molar-refractivity contribution in [2.45, 2.75) is 39.3 Å². The van der Waals surface area contributed by atoms with Crippen molar-refractivity contribution in [3.05, 3.63) is 36.9 Å². The average molecular weight is 394 g/mol. The summed E-state index contributed by atoms with van der Waals surface area (Å²) in [4.78, 5) is 33.2. The van der Waals surface area contributed by atoms with Crippen LogP contribution in [0, 0.1) is 0 Å². The van der Waals surface area contributed by atoms with E-state index < -0.39 is 5.60 Å². The second kappa shape index (κ2) is 7.35. The molecule has 0 spiro atoms. The van der Waals surface area contributed by atoms with Crippen LogP contribution >= 0.6 is 0 Å². The molecular formula is C21H26N6O2. The molecule has 0 radical (unpaired) electrons. The third-order valence-corrected chi connectivity index (χ3v) is 4.95. The van der Waals surface area contributed by atoms with Gasteiger partial charge in [-0.3, -0.25) is 4.98 Å². The minimum Gasteiger partial charge on any atom is -0.444 e. The Bertz CT molecular complexity index is 1010. The highest BCUT2D eigenvalue weighted by atomic mass is 16.6. The molecule has 1 aliphatic rings. The average Bonchev–Trinajstić information content (AvgIpc) is 3.11. The van der Waals surface area contributed by atoms with E-state index >= 15 is 0 Å². The Morgan fingerprint density at radius 1 is 1.21 bits per heavy atom. The molecule has 4 rings (SSSR count). The quantitative estimate of drug-likeness (QED) is 0.716. The van der Waals surface area contributed by atoms with Gasteiger partial charge in [-0.1, -0.05) is 6.07 Å². The molecular weight excluding hydrogens is 368 g/mol. The number of ether oxygens (including phenoxy) is 1. The van der Waals surface area contributed by atoms with E-state index in [9.17, 15) is 4.79 Å². The molecule has 0 aromatic carbocycles. The molecule has 0 aliphatic carbocycles. The molecule has 1 fully saturated rings. The molecule has 1 aliphatic heterocycles. The topological polar surface area (TPSA) is 87.2 Å². The molecule has 8 nitrogen and oxygen atoms in total. The van der Waals surface area contributed by atoms with Gasteiger partial charge in [0.25, 0.3) is 0 Å². The Hall–Kier alpha value is -3.16. The smallest absolute Gasteiger partial charge is 0.410 e. The van der Waals surface area contributed by atoms with E-state index in [2.05, 4.69) is 24.8 Å². The van der Waals surface area contributed by atoms with Crippen LogP contribution in [0.25, 0.3) is 22.3 Å². The highest BCUT2D eigenvalue weighted by Crippen LogP contribution is 2.33. The Labute approximate surface area is 169 Å². The number of hydrogen-bond acceptors (Lipinski definition) is 6. The van der Waals surface area contributed by atoms with Gasteiger partial charge in [0.2, 0.25) is 0 Å². The number of carbonyl (C=O) groups is 1. The first-order chi connectivity index (χ1) is 13.8. The largest absolute Gasteiger partial charge is 0.444 e. The SMILES string of the molecule is CC1CN(c2ncnc3[nH]cc(-c4ccccn4)c23)CCN1C(=O)OC(C)(C)C. The molecule has 4 heterocycles. The standard InChI is InChI=1S/C21H26N6O2/c1-14-12-26(9-10-27(14)20(28)29-21(2,3)4)19-17-15(16-7-5-6-8-22-16)11-23-18(17)24-13-25-19/h5-8,11,13-14H,9-10,12H2,1-4H3,(H,23,24,25). The number of carbonyl (C=O) groups excluding carboxylic acids is 1. The lowest BCUT2D eigenvalue weighted by Gasteiger charge is -2.40. The van der Waals surface area contributed by atoms with Gasteiger partial charge in [0.1, 0.15) is 23.4 Å². The van der Waals surface area contributed by atoms with E-state index in [-0.39, 0.29) is 12.1 Å². The van der Waals surface area contributed by atoms with E-state index in [0.29, 0.717) is 19.6 Å². The number of anilines is 1. The summed E-state index contributed by atoms with van der Waals surface area (Å²) in [6, 6.07) is 5.84. The summed E-state index contributed by atoms with van der Waals surface area (Å²) in [6.45, 7) is 9.59. The van der Waals surface area contributed by atoms with Gasteiger partial charge in [-0.25, -0.2) is 14.8 Å². The van der Waals surface area contributed by atoms with E-state index in [4.69, 9.17) is 4.74 Å². The second-order valence-electron chi connectivity index (χ2n) is 8.31. The molecule has 8 heteroatoms. The highest BCUT2D eigenvalue weighted by Gasteiger charge is 2.32. The Morgan fingerprint density at radius 2 is 2.03 bits per heavy atom.